The summed E-state index contributed by atoms with van der Waals surface area (Å²) >= 11 is 0. The van der Waals surface area contributed by atoms with Crippen LogP contribution in [-0.4, -0.2) is 9.55 Å². The van der Waals surface area contributed by atoms with Crippen LogP contribution in [0.4, 0.5) is 0 Å². The first-order valence-electron chi connectivity index (χ1n) is 9.12. The molecule has 26 heavy (non-hydrogen) atoms. The Morgan fingerprint density at radius 1 is 0.808 bits per heavy atom. The molecule has 0 saturated heterocycles. The molecular formula is C24H20N2. The van der Waals surface area contributed by atoms with E-state index in [0.717, 1.165) is 17.8 Å². The lowest BCUT2D eigenvalue weighted by Gasteiger charge is -2.06. The van der Waals surface area contributed by atoms with Gasteiger partial charge < -0.3 is 4.57 Å². The van der Waals surface area contributed by atoms with Crippen molar-refractivity contribution in [3.8, 4) is 11.3 Å². The third-order valence-electron chi connectivity index (χ3n) is 5.25. The van der Waals surface area contributed by atoms with E-state index in [-0.39, 0.29) is 0 Å². The lowest BCUT2D eigenvalue weighted by molar-refractivity contribution is 0.827. The van der Waals surface area contributed by atoms with Gasteiger partial charge in [0.05, 0.1) is 5.69 Å². The zero-order valence-electron chi connectivity index (χ0n) is 15.0. The molecule has 0 saturated carbocycles. The molecule has 0 atom stereocenters. The van der Waals surface area contributed by atoms with Gasteiger partial charge in [0.1, 0.15) is 0 Å². The van der Waals surface area contributed by atoms with Gasteiger partial charge in [0, 0.05) is 45.5 Å². The number of hydrogen-bond acceptors (Lipinski definition) is 1. The smallest absolute Gasteiger partial charge is 0.0708 e. The summed E-state index contributed by atoms with van der Waals surface area (Å²) in [6, 6.07) is 23.9. The SMILES string of the molecule is CCn1c2ccc(C)cc2c2cc3cnc(-c4ccccc4)cc3cc21. The summed E-state index contributed by atoms with van der Waals surface area (Å²) in [7, 11) is 0. The summed E-state index contributed by atoms with van der Waals surface area (Å²) in [4.78, 5) is 4.70. The van der Waals surface area contributed by atoms with Crippen LogP contribution in [0.3, 0.4) is 0 Å². The molecule has 0 aliphatic carbocycles. The molecule has 2 heteroatoms. The van der Waals surface area contributed by atoms with Crippen LogP contribution in [0.15, 0.2) is 72.9 Å². The van der Waals surface area contributed by atoms with Crippen LogP contribution in [0.1, 0.15) is 12.5 Å². The minimum atomic E-state index is 0.963. The first-order valence-corrected chi connectivity index (χ1v) is 9.12. The molecule has 5 rings (SSSR count). The van der Waals surface area contributed by atoms with E-state index in [1.54, 1.807) is 0 Å². The van der Waals surface area contributed by atoms with E-state index in [2.05, 4.69) is 79.1 Å². The van der Waals surface area contributed by atoms with Gasteiger partial charge in [0.25, 0.3) is 0 Å². The maximum absolute atomic E-state index is 4.70. The van der Waals surface area contributed by atoms with Crippen molar-refractivity contribution in [1.29, 1.82) is 0 Å². The van der Waals surface area contributed by atoms with E-state index in [0.29, 0.717) is 0 Å². The van der Waals surface area contributed by atoms with Crippen LogP contribution < -0.4 is 0 Å². The highest BCUT2D eigenvalue weighted by atomic mass is 15.0. The van der Waals surface area contributed by atoms with Gasteiger partial charge in [0.2, 0.25) is 0 Å². The Morgan fingerprint density at radius 2 is 1.62 bits per heavy atom. The molecule has 0 spiro atoms. The van der Waals surface area contributed by atoms with Crippen molar-refractivity contribution in [3.63, 3.8) is 0 Å². The highest BCUT2D eigenvalue weighted by Crippen LogP contribution is 2.33. The fourth-order valence-corrected chi connectivity index (χ4v) is 3.96. The Balaban J connectivity index is 1.84. The van der Waals surface area contributed by atoms with Gasteiger partial charge in [-0.3, -0.25) is 4.98 Å². The molecule has 2 nitrogen and oxygen atoms in total. The van der Waals surface area contributed by atoms with E-state index >= 15 is 0 Å². The monoisotopic (exact) mass is 336 g/mol. The number of benzene rings is 3. The zero-order valence-corrected chi connectivity index (χ0v) is 15.0. The largest absolute Gasteiger partial charge is 0.341 e. The molecule has 2 heterocycles. The lowest BCUT2D eigenvalue weighted by atomic mass is 10.0. The van der Waals surface area contributed by atoms with Crippen LogP contribution in [0, 0.1) is 6.92 Å². The van der Waals surface area contributed by atoms with Gasteiger partial charge in [-0.15, -0.1) is 0 Å². The summed E-state index contributed by atoms with van der Waals surface area (Å²) < 4.78 is 2.41. The number of hydrogen-bond donors (Lipinski definition) is 0. The molecule has 5 aromatic rings. The predicted octanol–water partition coefficient (Wildman–Crippen LogP) is 6.34. The third kappa shape index (κ3) is 2.22. The number of rotatable bonds is 2. The Kier molecular flexibility index (Phi) is 3.32. The van der Waals surface area contributed by atoms with Gasteiger partial charge in [-0.1, -0.05) is 42.0 Å². The second kappa shape index (κ2) is 5.70. The number of aryl methyl sites for hydroxylation is 2. The maximum atomic E-state index is 4.70. The molecule has 0 aliphatic rings. The van der Waals surface area contributed by atoms with Crippen LogP contribution in [0.25, 0.3) is 43.8 Å². The average molecular weight is 336 g/mol. The van der Waals surface area contributed by atoms with Crippen LogP contribution in [0.5, 0.6) is 0 Å². The van der Waals surface area contributed by atoms with E-state index in [1.807, 2.05) is 12.3 Å². The number of pyridine rings is 1. The highest BCUT2D eigenvalue weighted by Gasteiger charge is 2.11. The normalized spacial score (nSPS) is 11.6. The number of fused-ring (bicyclic) bond motifs is 4. The quantitative estimate of drug-likeness (QED) is 0.368. The predicted molar refractivity (Wildman–Crippen MR) is 111 cm³/mol. The molecule has 0 radical (unpaired) electrons. The molecule has 0 amide bonds. The van der Waals surface area contributed by atoms with Crippen LogP contribution in [-0.2, 0) is 6.54 Å². The van der Waals surface area contributed by atoms with Crippen LogP contribution in [0.2, 0.25) is 0 Å². The molecule has 0 N–H and O–H groups in total. The van der Waals surface area contributed by atoms with Crippen LogP contribution >= 0.6 is 0 Å². The number of aromatic nitrogens is 2. The van der Waals surface area contributed by atoms with Crippen molar-refractivity contribution in [3.05, 3.63) is 78.5 Å². The standard InChI is InChI=1S/C24H20N2/c1-3-26-23-10-9-16(2)11-20(23)21-12-19-15-25-22(13-18(19)14-24(21)26)17-7-5-4-6-8-17/h4-15H,3H2,1-2H3. The molecule has 0 bridgehead atoms. The summed E-state index contributed by atoms with van der Waals surface area (Å²) in [6.45, 7) is 5.33. The van der Waals surface area contributed by atoms with E-state index < -0.39 is 0 Å². The average Bonchev–Trinajstić information content (AvgIpc) is 2.98. The van der Waals surface area contributed by atoms with Gasteiger partial charge in [-0.05, 0) is 49.6 Å². The van der Waals surface area contributed by atoms with Gasteiger partial charge in [-0.2, -0.15) is 0 Å². The van der Waals surface area contributed by atoms with E-state index in [4.69, 9.17) is 4.98 Å². The van der Waals surface area contributed by atoms with Gasteiger partial charge in [-0.25, -0.2) is 0 Å². The minimum absolute atomic E-state index is 0.963. The third-order valence-corrected chi connectivity index (χ3v) is 5.25. The second-order valence-electron chi connectivity index (χ2n) is 6.92. The Morgan fingerprint density at radius 3 is 2.42 bits per heavy atom. The molecule has 0 unspecified atom stereocenters. The van der Waals surface area contributed by atoms with Crippen molar-refractivity contribution < 1.29 is 0 Å². The summed E-state index contributed by atoms with van der Waals surface area (Å²) in [5, 5.41) is 5.07. The molecule has 126 valence electrons. The second-order valence-corrected chi connectivity index (χ2v) is 6.92. The van der Waals surface area contributed by atoms with Crippen molar-refractivity contribution in [2.24, 2.45) is 0 Å². The fraction of sp³-hybridized carbons (Fsp3) is 0.125. The zero-order chi connectivity index (χ0) is 17.7. The molecule has 2 aromatic heterocycles. The van der Waals surface area contributed by atoms with Crippen molar-refractivity contribution in [2.45, 2.75) is 20.4 Å². The van der Waals surface area contributed by atoms with E-state index in [9.17, 15) is 0 Å². The van der Waals surface area contributed by atoms with E-state index in [1.165, 1.54) is 38.1 Å². The minimum Gasteiger partial charge on any atom is -0.341 e. The van der Waals surface area contributed by atoms with Gasteiger partial charge in [0.15, 0.2) is 0 Å². The maximum Gasteiger partial charge on any atom is 0.0708 e. The Bertz CT molecular complexity index is 1260. The lowest BCUT2D eigenvalue weighted by Crippen LogP contribution is -1.93. The number of nitrogens with zero attached hydrogens (tertiary/aromatic N) is 2. The Hall–Kier alpha value is -3.13. The molecule has 3 aromatic carbocycles. The summed E-state index contributed by atoms with van der Waals surface area (Å²) in [5.41, 5.74) is 6.07. The van der Waals surface area contributed by atoms with Crippen molar-refractivity contribution >= 4 is 32.6 Å². The first kappa shape index (κ1) is 15.2. The van der Waals surface area contributed by atoms with Crippen molar-refractivity contribution in [2.75, 3.05) is 0 Å². The van der Waals surface area contributed by atoms with Gasteiger partial charge >= 0.3 is 0 Å². The molecule has 0 fully saturated rings. The first-order chi connectivity index (χ1) is 12.7. The fourth-order valence-electron chi connectivity index (χ4n) is 3.96. The molecule has 0 aliphatic heterocycles. The topological polar surface area (TPSA) is 17.8 Å². The Labute approximate surface area is 152 Å². The molecular weight excluding hydrogens is 316 g/mol. The van der Waals surface area contributed by atoms with Crippen molar-refractivity contribution in [1.82, 2.24) is 9.55 Å². The summed E-state index contributed by atoms with van der Waals surface area (Å²) in [5.74, 6) is 0. The summed E-state index contributed by atoms with van der Waals surface area (Å²) in [6.07, 6.45) is 2.00. The highest BCUT2D eigenvalue weighted by molar-refractivity contribution is 6.12.